The molecular weight excluding hydrogens is 154 g/mol. The van der Waals surface area contributed by atoms with Crippen molar-refractivity contribution in [3.63, 3.8) is 0 Å². The minimum absolute atomic E-state index is 0.649. The summed E-state index contributed by atoms with van der Waals surface area (Å²) in [6.45, 7) is 6.49. The molecule has 11 heavy (non-hydrogen) atoms. The van der Waals surface area contributed by atoms with Crippen molar-refractivity contribution < 1.29 is 0 Å². The lowest BCUT2D eigenvalue weighted by molar-refractivity contribution is 1.10. The smallest absolute Gasteiger partial charge is 0.0308 e. The van der Waals surface area contributed by atoms with E-state index in [2.05, 4.69) is 31.8 Å². The molecule has 0 atom stereocenters. The third-order valence-electron chi connectivity index (χ3n) is 1.33. The van der Waals surface area contributed by atoms with E-state index in [1.165, 1.54) is 10.5 Å². The van der Waals surface area contributed by atoms with Gasteiger partial charge in [0.1, 0.15) is 0 Å². The maximum atomic E-state index is 4.04. The fourth-order valence-corrected chi connectivity index (χ4v) is 1.73. The normalized spacial score (nSPS) is 10.5. The number of thioether (sulfide) groups is 1. The fraction of sp³-hybridized carbons (Fsp3) is 0.444. The maximum absolute atomic E-state index is 4.04. The van der Waals surface area contributed by atoms with Gasteiger partial charge in [-0.15, -0.1) is 11.8 Å². The van der Waals surface area contributed by atoms with Crippen LogP contribution in [0.4, 0.5) is 0 Å². The summed E-state index contributed by atoms with van der Waals surface area (Å²) in [5.74, 6) is 0. The summed E-state index contributed by atoms with van der Waals surface area (Å²) in [6, 6.07) is 2.07. The van der Waals surface area contributed by atoms with Gasteiger partial charge in [-0.1, -0.05) is 13.8 Å². The highest BCUT2D eigenvalue weighted by molar-refractivity contribution is 8.00. The van der Waals surface area contributed by atoms with Crippen LogP contribution in [-0.2, 0) is 0 Å². The maximum Gasteiger partial charge on any atom is 0.0308 e. The topological polar surface area (TPSA) is 12.9 Å². The van der Waals surface area contributed by atoms with Crippen molar-refractivity contribution >= 4 is 11.8 Å². The van der Waals surface area contributed by atoms with Crippen LogP contribution in [-0.4, -0.2) is 10.2 Å². The fourth-order valence-electron chi connectivity index (χ4n) is 0.847. The Bertz CT molecular complexity index is 233. The zero-order valence-corrected chi connectivity index (χ0v) is 7.98. The second kappa shape index (κ2) is 3.77. The van der Waals surface area contributed by atoms with Crippen LogP contribution in [0.2, 0.25) is 0 Å². The molecule has 2 heteroatoms. The molecule has 0 saturated carbocycles. The molecule has 0 aliphatic carbocycles. The Kier molecular flexibility index (Phi) is 2.94. The average Bonchev–Trinajstić information content (AvgIpc) is 1.93. The van der Waals surface area contributed by atoms with Gasteiger partial charge in [-0.3, -0.25) is 4.98 Å². The second-order valence-electron chi connectivity index (χ2n) is 2.81. The van der Waals surface area contributed by atoms with Gasteiger partial charge < -0.3 is 0 Å². The van der Waals surface area contributed by atoms with Crippen molar-refractivity contribution in [2.45, 2.75) is 30.9 Å². The zero-order valence-electron chi connectivity index (χ0n) is 7.16. The SMILES string of the molecule is Cc1cnccc1SC(C)C. The molecule has 0 amide bonds. The van der Waals surface area contributed by atoms with Crippen molar-refractivity contribution in [2.75, 3.05) is 0 Å². The lowest BCUT2D eigenvalue weighted by Crippen LogP contribution is -1.88. The molecule has 0 aliphatic heterocycles. The third-order valence-corrected chi connectivity index (χ3v) is 2.51. The lowest BCUT2D eigenvalue weighted by atomic mass is 10.3. The van der Waals surface area contributed by atoms with E-state index in [4.69, 9.17) is 0 Å². The van der Waals surface area contributed by atoms with Gasteiger partial charge in [0, 0.05) is 22.5 Å². The van der Waals surface area contributed by atoms with Gasteiger partial charge in [-0.05, 0) is 18.6 Å². The van der Waals surface area contributed by atoms with E-state index in [1.54, 1.807) is 0 Å². The molecule has 1 aromatic heterocycles. The first-order chi connectivity index (χ1) is 5.20. The predicted molar refractivity (Wildman–Crippen MR) is 50.0 cm³/mol. The van der Waals surface area contributed by atoms with E-state index < -0.39 is 0 Å². The van der Waals surface area contributed by atoms with Crippen molar-refractivity contribution in [1.29, 1.82) is 0 Å². The van der Waals surface area contributed by atoms with E-state index in [0.717, 1.165) is 0 Å². The van der Waals surface area contributed by atoms with Gasteiger partial charge in [0.25, 0.3) is 0 Å². The van der Waals surface area contributed by atoms with E-state index in [0.29, 0.717) is 5.25 Å². The quantitative estimate of drug-likeness (QED) is 0.628. The number of aryl methyl sites for hydroxylation is 1. The standard InChI is InChI=1S/C9H13NS/c1-7(2)11-9-4-5-10-6-8(9)3/h4-7H,1-3H3. The molecule has 0 aliphatic rings. The first-order valence-corrected chi connectivity index (χ1v) is 4.65. The first kappa shape index (κ1) is 8.60. The van der Waals surface area contributed by atoms with E-state index in [9.17, 15) is 0 Å². The van der Waals surface area contributed by atoms with Crippen molar-refractivity contribution in [3.8, 4) is 0 Å². The second-order valence-corrected chi connectivity index (χ2v) is 4.43. The number of nitrogens with zero attached hydrogens (tertiary/aromatic N) is 1. The zero-order chi connectivity index (χ0) is 8.27. The predicted octanol–water partition coefficient (Wildman–Crippen LogP) is 2.89. The van der Waals surface area contributed by atoms with Gasteiger partial charge in [-0.25, -0.2) is 0 Å². The van der Waals surface area contributed by atoms with Crippen LogP contribution >= 0.6 is 11.8 Å². The molecule has 60 valence electrons. The van der Waals surface area contributed by atoms with E-state index in [1.807, 2.05) is 24.2 Å². The van der Waals surface area contributed by atoms with Crippen LogP contribution < -0.4 is 0 Å². The molecule has 1 rings (SSSR count). The molecule has 0 unspecified atom stereocenters. The van der Waals surface area contributed by atoms with Gasteiger partial charge in [0.2, 0.25) is 0 Å². The van der Waals surface area contributed by atoms with Crippen LogP contribution in [0.15, 0.2) is 23.4 Å². The van der Waals surface area contributed by atoms with Crippen molar-refractivity contribution in [2.24, 2.45) is 0 Å². The van der Waals surface area contributed by atoms with Gasteiger partial charge in [0.05, 0.1) is 0 Å². The molecule has 1 nitrogen and oxygen atoms in total. The minimum atomic E-state index is 0.649. The van der Waals surface area contributed by atoms with Gasteiger partial charge in [-0.2, -0.15) is 0 Å². The number of hydrogen-bond acceptors (Lipinski definition) is 2. The van der Waals surface area contributed by atoms with Crippen LogP contribution in [0.5, 0.6) is 0 Å². The molecule has 1 heterocycles. The van der Waals surface area contributed by atoms with Crippen LogP contribution in [0.1, 0.15) is 19.4 Å². The Hall–Kier alpha value is -0.500. The molecule has 0 bridgehead atoms. The summed E-state index contributed by atoms with van der Waals surface area (Å²) < 4.78 is 0. The van der Waals surface area contributed by atoms with Crippen molar-refractivity contribution in [3.05, 3.63) is 24.0 Å². The number of aromatic nitrogens is 1. The van der Waals surface area contributed by atoms with Crippen molar-refractivity contribution in [1.82, 2.24) is 4.98 Å². The Morgan fingerprint density at radius 3 is 2.73 bits per heavy atom. The summed E-state index contributed by atoms with van der Waals surface area (Å²) in [6.07, 6.45) is 3.75. The summed E-state index contributed by atoms with van der Waals surface area (Å²) in [7, 11) is 0. The number of hydrogen-bond donors (Lipinski definition) is 0. The molecular formula is C9H13NS. The Balaban J connectivity index is 2.78. The van der Waals surface area contributed by atoms with Gasteiger partial charge >= 0.3 is 0 Å². The molecule has 0 N–H and O–H groups in total. The van der Waals surface area contributed by atoms with Crippen LogP contribution in [0.3, 0.4) is 0 Å². The molecule has 0 spiro atoms. The molecule has 0 radical (unpaired) electrons. The average molecular weight is 167 g/mol. The van der Waals surface area contributed by atoms with Gasteiger partial charge in [0.15, 0.2) is 0 Å². The largest absolute Gasteiger partial charge is 0.264 e. The van der Waals surface area contributed by atoms with Crippen LogP contribution in [0, 0.1) is 6.92 Å². The minimum Gasteiger partial charge on any atom is -0.264 e. The molecule has 0 aromatic carbocycles. The molecule has 0 saturated heterocycles. The Morgan fingerprint density at radius 1 is 1.45 bits per heavy atom. The van der Waals surface area contributed by atoms with E-state index in [-0.39, 0.29) is 0 Å². The lowest BCUT2D eigenvalue weighted by Gasteiger charge is -2.06. The first-order valence-electron chi connectivity index (χ1n) is 3.77. The highest BCUT2D eigenvalue weighted by atomic mass is 32.2. The van der Waals surface area contributed by atoms with E-state index >= 15 is 0 Å². The monoisotopic (exact) mass is 167 g/mol. The summed E-state index contributed by atoms with van der Waals surface area (Å²) in [5.41, 5.74) is 1.27. The van der Waals surface area contributed by atoms with Crippen LogP contribution in [0.25, 0.3) is 0 Å². The summed E-state index contributed by atoms with van der Waals surface area (Å²) in [5, 5.41) is 0.649. The third kappa shape index (κ3) is 2.54. The molecule has 1 aromatic rings. The Labute approximate surface area is 72.2 Å². The summed E-state index contributed by atoms with van der Waals surface area (Å²) >= 11 is 1.89. The molecule has 0 fully saturated rings. The Morgan fingerprint density at radius 2 is 2.18 bits per heavy atom. The number of pyridine rings is 1. The number of rotatable bonds is 2. The summed E-state index contributed by atoms with van der Waals surface area (Å²) in [4.78, 5) is 5.38. The highest BCUT2D eigenvalue weighted by Gasteiger charge is 1.99. The highest BCUT2D eigenvalue weighted by Crippen LogP contribution is 2.24.